The number of pyridine rings is 1. The molecule has 2 unspecified atom stereocenters. The van der Waals surface area contributed by atoms with Gasteiger partial charge in [-0.25, -0.2) is 0 Å². The second-order valence-electron chi connectivity index (χ2n) is 8.98. The molecule has 0 amide bonds. The third kappa shape index (κ3) is 4.24. The molecule has 3 aromatic rings. The number of hydrogen-bond donors (Lipinski definition) is 3. The molecule has 4 atom stereocenters. The molecule has 1 aliphatic carbocycles. The van der Waals surface area contributed by atoms with Crippen LogP contribution in [0.15, 0.2) is 54.9 Å². The number of hydrogen-bond acceptors (Lipinski definition) is 6. The maximum atomic E-state index is 10.6. The summed E-state index contributed by atoms with van der Waals surface area (Å²) in [5.74, 6) is 1.84. The topological polar surface area (TPSA) is 91.8 Å². The molecular formula is C25H29N3O3. The van der Waals surface area contributed by atoms with Crippen molar-refractivity contribution in [2.24, 2.45) is 11.8 Å². The number of likely N-dealkylation sites (tertiary alicyclic amines) is 1. The summed E-state index contributed by atoms with van der Waals surface area (Å²) in [6.07, 6.45) is 4.54. The van der Waals surface area contributed by atoms with Crippen molar-refractivity contribution < 1.29 is 14.9 Å². The molecule has 6 nitrogen and oxygen atoms in total. The molecule has 6 heteroatoms. The van der Waals surface area contributed by atoms with Crippen molar-refractivity contribution >= 4 is 16.5 Å². The normalized spacial score (nSPS) is 24.4. The second-order valence-corrected chi connectivity index (χ2v) is 8.98. The molecule has 1 saturated carbocycles. The largest absolute Gasteiger partial charge is 0.491 e. The number of aromatic nitrogens is 1. The standard InChI is InChI=1S/C25H29N3O3/c26-25-5-6-27-11-24(25)23-10-21(9-16-3-1-2-4-22(16)23)31-15-20(30)14-28-12-17-7-19(29)8-18(17)13-28/h1-6,9-11,17-20,29-30H,7-8,12-15H2,(H2,26,27)/t17-,18+,19?,20?. The van der Waals surface area contributed by atoms with E-state index in [4.69, 9.17) is 10.5 Å². The molecule has 1 saturated heterocycles. The van der Waals surface area contributed by atoms with Gasteiger partial charge in [0, 0.05) is 43.3 Å². The van der Waals surface area contributed by atoms with Gasteiger partial charge in [0.2, 0.25) is 0 Å². The van der Waals surface area contributed by atoms with Gasteiger partial charge in [-0.3, -0.25) is 4.98 Å². The first-order chi connectivity index (χ1) is 15.1. The quantitative estimate of drug-likeness (QED) is 0.569. The molecule has 0 spiro atoms. The van der Waals surface area contributed by atoms with Crippen LogP contribution in [-0.2, 0) is 0 Å². The Morgan fingerprint density at radius 2 is 1.87 bits per heavy atom. The zero-order valence-corrected chi connectivity index (χ0v) is 17.5. The van der Waals surface area contributed by atoms with Gasteiger partial charge in [0.05, 0.1) is 6.10 Å². The lowest BCUT2D eigenvalue weighted by molar-refractivity contribution is 0.0708. The highest BCUT2D eigenvalue weighted by atomic mass is 16.5. The van der Waals surface area contributed by atoms with E-state index in [0.717, 1.165) is 47.8 Å². The third-order valence-electron chi connectivity index (χ3n) is 6.69. The summed E-state index contributed by atoms with van der Waals surface area (Å²) < 4.78 is 6.02. The van der Waals surface area contributed by atoms with E-state index in [9.17, 15) is 10.2 Å². The van der Waals surface area contributed by atoms with Crippen molar-refractivity contribution in [1.29, 1.82) is 0 Å². The zero-order chi connectivity index (χ0) is 21.4. The number of ether oxygens (including phenoxy) is 1. The Hall–Kier alpha value is -2.67. The van der Waals surface area contributed by atoms with Crippen molar-refractivity contribution in [2.75, 3.05) is 32.0 Å². The van der Waals surface area contributed by atoms with Crippen molar-refractivity contribution in [3.05, 3.63) is 54.9 Å². The third-order valence-corrected chi connectivity index (χ3v) is 6.69. The van der Waals surface area contributed by atoms with E-state index in [1.165, 1.54) is 0 Å². The fraction of sp³-hybridized carbons (Fsp3) is 0.400. The van der Waals surface area contributed by atoms with Crippen LogP contribution in [0.2, 0.25) is 0 Å². The predicted molar refractivity (Wildman–Crippen MR) is 122 cm³/mol. The van der Waals surface area contributed by atoms with Crippen LogP contribution in [0.5, 0.6) is 5.75 Å². The summed E-state index contributed by atoms with van der Waals surface area (Å²) in [6.45, 7) is 2.74. The first-order valence-electron chi connectivity index (χ1n) is 11.0. The summed E-state index contributed by atoms with van der Waals surface area (Å²) in [6, 6.07) is 13.9. The Morgan fingerprint density at radius 3 is 2.65 bits per heavy atom. The highest BCUT2D eigenvalue weighted by molar-refractivity contribution is 6.00. The van der Waals surface area contributed by atoms with Gasteiger partial charge in [-0.15, -0.1) is 0 Å². The first-order valence-corrected chi connectivity index (χ1v) is 11.0. The number of benzene rings is 2. The van der Waals surface area contributed by atoms with Crippen LogP contribution in [-0.4, -0.2) is 58.5 Å². The van der Waals surface area contributed by atoms with E-state index in [2.05, 4.69) is 16.0 Å². The monoisotopic (exact) mass is 419 g/mol. The van der Waals surface area contributed by atoms with Gasteiger partial charge in [-0.05, 0) is 59.2 Å². The average Bonchev–Trinajstić information content (AvgIpc) is 3.28. The summed E-state index contributed by atoms with van der Waals surface area (Å²) in [5, 5.41) is 22.5. The van der Waals surface area contributed by atoms with Gasteiger partial charge in [0.15, 0.2) is 0 Å². The minimum absolute atomic E-state index is 0.138. The van der Waals surface area contributed by atoms with Crippen LogP contribution in [0.3, 0.4) is 0 Å². The van der Waals surface area contributed by atoms with Gasteiger partial charge in [0.1, 0.15) is 18.5 Å². The van der Waals surface area contributed by atoms with Gasteiger partial charge in [-0.1, -0.05) is 24.3 Å². The zero-order valence-electron chi connectivity index (χ0n) is 17.5. The summed E-state index contributed by atoms with van der Waals surface area (Å²) >= 11 is 0. The number of nitrogen functional groups attached to an aromatic ring is 1. The Balaban J connectivity index is 1.29. The molecule has 1 aromatic heterocycles. The van der Waals surface area contributed by atoms with Crippen molar-refractivity contribution in [3.63, 3.8) is 0 Å². The smallest absolute Gasteiger partial charge is 0.120 e. The van der Waals surface area contributed by atoms with Crippen molar-refractivity contribution in [3.8, 4) is 16.9 Å². The van der Waals surface area contributed by atoms with Gasteiger partial charge in [-0.2, -0.15) is 0 Å². The fourth-order valence-corrected chi connectivity index (χ4v) is 5.28. The highest BCUT2D eigenvalue weighted by Crippen LogP contribution is 2.38. The van der Waals surface area contributed by atoms with Crippen LogP contribution in [0.25, 0.3) is 21.9 Å². The molecule has 2 aliphatic rings. The van der Waals surface area contributed by atoms with Gasteiger partial charge in [0.25, 0.3) is 0 Å². The lowest BCUT2D eigenvalue weighted by Crippen LogP contribution is -2.35. The molecule has 31 heavy (non-hydrogen) atoms. The van der Waals surface area contributed by atoms with Crippen LogP contribution in [0.1, 0.15) is 12.8 Å². The molecule has 4 N–H and O–H groups in total. The van der Waals surface area contributed by atoms with E-state index in [-0.39, 0.29) is 12.7 Å². The number of aliphatic hydroxyl groups is 2. The second kappa shape index (κ2) is 8.46. The highest BCUT2D eigenvalue weighted by Gasteiger charge is 2.40. The number of aliphatic hydroxyl groups excluding tert-OH is 2. The maximum Gasteiger partial charge on any atom is 0.120 e. The molecule has 162 valence electrons. The Bertz CT molecular complexity index is 1060. The minimum atomic E-state index is -0.567. The van der Waals surface area contributed by atoms with Crippen LogP contribution in [0, 0.1) is 11.8 Å². The Morgan fingerprint density at radius 1 is 1.10 bits per heavy atom. The lowest BCUT2D eigenvalue weighted by Gasteiger charge is -2.22. The van der Waals surface area contributed by atoms with E-state index >= 15 is 0 Å². The number of nitrogens with zero attached hydrogens (tertiary/aromatic N) is 2. The first kappa shape index (κ1) is 20.2. The molecule has 2 aromatic carbocycles. The summed E-state index contributed by atoms with van der Waals surface area (Å²) in [5.41, 5.74) is 8.72. The van der Waals surface area contributed by atoms with Crippen LogP contribution in [0.4, 0.5) is 5.69 Å². The predicted octanol–water partition coefficient (Wildman–Crippen LogP) is 2.93. The molecule has 0 bridgehead atoms. The number of β-amino-alcohol motifs (C(OH)–C–C–N with tert-alkyl or cyclic N) is 1. The summed E-state index contributed by atoms with van der Waals surface area (Å²) in [7, 11) is 0. The fourth-order valence-electron chi connectivity index (χ4n) is 5.28. The molecule has 5 rings (SSSR count). The van der Waals surface area contributed by atoms with E-state index < -0.39 is 6.10 Å². The van der Waals surface area contributed by atoms with Crippen LogP contribution < -0.4 is 10.5 Å². The number of fused-ring (bicyclic) bond motifs is 2. The van der Waals surface area contributed by atoms with E-state index in [0.29, 0.717) is 29.8 Å². The number of rotatable bonds is 6. The number of anilines is 1. The number of nitrogens with two attached hydrogens (primary N) is 1. The molecule has 1 aliphatic heterocycles. The van der Waals surface area contributed by atoms with Crippen molar-refractivity contribution in [2.45, 2.75) is 25.0 Å². The SMILES string of the molecule is Nc1ccncc1-c1cc(OCC(O)CN2C[C@H]3CC(O)C[C@H]3C2)cc2ccccc12. The van der Waals surface area contributed by atoms with E-state index in [1.54, 1.807) is 18.5 Å². The van der Waals surface area contributed by atoms with Crippen molar-refractivity contribution in [1.82, 2.24) is 9.88 Å². The molecule has 2 fully saturated rings. The van der Waals surface area contributed by atoms with Crippen LogP contribution >= 0.6 is 0 Å². The van der Waals surface area contributed by atoms with Gasteiger partial charge < -0.3 is 25.6 Å². The van der Waals surface area contributed by atoms with Gasteiger partial charge >= 0.3 is 0 Å². The average molecular weight is 420 g/mol. The molecule has 0 radical (unpaired) electrons. The maximum absolute atomic E-state index is 10.6. The minimum Gasteiger partial charge on any atom is -0.491 e. The molecular weight excluding hydrogens is 390 g/mol. The Kier molecular flexibility index (Phi) is 5.52. The lowest BCUT2D eigenvalue weighted by atomic mass is 9.98. The Labute approximate surface area is 182 Å². The molecule has 2 heterocycles. The summed E-state index contributed by atoms with van der Waals surface area (Å²) in [4.78, 5) is 6.54. The van der Waals surface area contributed by atoms with E-state index in [1.807, 2.05) is 30.3 Å².